The van der Waals surface area contributed by atoms with Crippen LogP contribution in [0.3, 0.4) is 0 Å². The van der Waals surface area contributed by atoms with E-state index in [2.05, 4.69) is 27.7 Å². The van der Waals surface area contributed by atoms with Crippen LogP contribution < -0.4 is 20.1 Å². The van der Waals surface area contributed by atoms with Gasteiger partial charge in [-0.1, -0.05) is 6.07 Å². The van der Waals surface area contributed by atoms with Crippen LogP contribution in [-0.2, 0) is 6.54 Å². The van der Waals surface area contributed by atoms with Crippen molar-refractivity contribution in [2.75, 3.05) is 32.8 Å². The highest BCUT2D eigenvalue weighted by atomic mass is 16.6. The van der Waals surface area contributed by atoms with E-state index in [4.69, 9.17) is 9.47 Å². The van der Waals surface area contributed by atoms with Gasteiger partial charge in [-0.2, -0.15) is 0 Å². The molecule has 0 aliphatic carbocycles. The number of carbonyl (C=O) groups excluding carboxylic acids is 1. The van der Waals surface area contributed by atoms with Gasteiger partial charge in [0.25, 0.3) is 0 Å². The lowest BCUT2D eigenvalue weighted by atomic mass is 9.97. The van der Waals surface area contributed by atoms with E-state index >= 15 is 0 Å². The van der Waals surface area contributed by atoms with Crippen LogP contribution in [0.2, 0.25) is 0 Å². The molecule has 2 heterocycles. The standard InChI is InChI=1S/C19H29N3O3/c1-14(2)21-19(23)20-11-16-4-3-7-22(13-16)12-15-5-6-17-18(10-15)25-9-8-24-17/h5-6,10,14,16H,3-4,7-9,11-13H2,1-2H3,(H2,20,21,23)/t16-/m0/s1. The Kier molecular flexibility index (Phi) is 6.02. The van der Waals surface area contributed by atoms with Crippen LogP contribution in [0.5, 0.6) is 11.5 Å². The minimum Gasteiger partial charge on any atom is -0.486 e. The van der Waals surface area contributed by atoms with E-state index in [1.165, 1.54) is 18.4 Å². The number of ether oxygens (including phenoxy) is 2. The van der Waals surface area contributed by atoms with Gasteiger partial charge >= 0.3 is 6.03 Å². The third-order valence-electron chi connectivity index (χ3n) is 4.59. The zero-order valence-electron chi connectivity index (χ0n) is 15.2. The van der Waals surface area contributed by atoms with Crippen LogP contribution in [0.1, 0.15) is 32.3 Å². The fraction of sp³-hybridized carbons (Fsp3) is 0.632. The molecule has 1 fully saturated rings. The van der Waals surface area contributed by atoms with Crippen molar-refractivity contribution in [1.82, 2.24) is 15.5 Å². The maximum absolute atomic E-state index is 11.7. The second-order valence-electron chi connectivity index (χ2n) is 7.23. The van der Waals surface area contributed by atoms with Gasteiger partial charge in [-0.05, 0) is 56.8 Å². The number of amides is 2. The summed E-state index contributed by atoms with van der Waals surface area (Å²) in [5.74, 6) is 2.19. The number of hydrogen-bond donors (Lipinski definition) is 2. The quantitative estimate of drug-likeness (QED) is 0.858. The van der Waals surface area contributed by atoms with E-state index in [0.717, 1.165) is 37.7 Å². The number of rotatable bonds is 5. The SMILES string of the molecule is CC(C)NC(=O)NC[C@@H]1CCCN(Cc2ccc3c(c2)OCCO3)C1. The summed E-state index contributed by atoms with van der Waals surface area (Å²) in [4.78, 5) is 14.2. The first-order valence-electron chi connectivity index (χ1n) is 9.25. The fourth-order valence-electron chi connectivity index (χ4n) is 3.46. The van der Waals surface area contributed by atoms with Crippen molar-refractivity contribution in [1.29, 1.82) is 0 Å². The summed E-state index contributed by atoms with van der Waals surface area (Å²) in [6.07, 6.45) is 2.34. The summed E-state index contributed by atoms with van der Waals surface area (Å²) < 4.78 is 11.3. The molecule has 0 aromatic heterocycles. The Hall–Kier alpha value is -1.95. The number of likely N-dealkylation sites (tertiary alicyclic amines) is 1. The summed E-state index contributed by atoms with van der Waals surface area (Å²) in [7, 11) is 0. The van der Waals surface area contributed by atoms with Gasteiger partial charge in [0.05, 0.1) is 0 Å². The van der Waals surface area contributed by atoms with E-state index in [0.29, 0.717) is 19.1 Å². The van der Waals surface area contributed by atoms with E-state index in [1.807, 2.05) is 19.9 Å². The number of urea groups is 1. The summed E-state index contributed by atoms with van der Waals surface area (Å²) in [6.45, 7) is 8.93. The predicted octanol–water partition coefficient (Wildman–Crippen LogP) is 2.38. The van der Waals surface area contributed by atoms with Crippen molar-refractivity contribution in [3.8, 4) is 11.5 Å². The molecule has 2 N–H and O–H groups in total. The van der Waals surface area contributed by atoms with Crippen LogP contribution in [0.4, 0.5) is 4.79 Å². The molecule has 0 bridgehead atoms. The number of carbonyl (C=O) groups is 1. The Morgan fingerprint density at radius 2 is 2.08 bits per heavy atom. The number of hydrogen-bond acceptors (Lipinski definition) is 4. The van der Waals surface area contributed by atoms with Crippen LogP contribution in [0, 0.1) is 5.92 Å². The van der Waals surface area contributed by atoms with E-state index < -0.39 is 0 Å². The molecule has 2 amide bonds. The Balaban J connectivity index is 1.49. The maximum Gasteiger partial charge on any atom is 0.314 e. The molecule has 6 nitrogen and oxygen atoms in total. The summed E-state index contributed by atoms with van der Waals surface area (Å²) in [6, 6.07) is 6.30. The summed E-state index contributed by atoms with van der Waals surface area (Å²) in [5, 5.41) is 5.87. The van der Waals surface area contributed by atoms with Crippen molar-refractivity contribution >= 4 is 6.03 Å². The van der Waals surface area contributed by atoms with E-state index in [-0.39, 0.29) is 12.1 Å². The molecule has 1 saturated heterocycles. The minimum absolute atomic E-state index is 0.0704. The van der Waals surface area contributed by atoms with Crippen LogP contribution in [0.15, 0.2) is 18.2 Å². The first kappa shape index (κ1) is 17.9. The largest absolute Gasteiger partial charge is 0.486 e. The molecule has 0 saturated carbocycles. The lowest BCUT2D eigenvalue weighted by Gasteiger charge is -2.33. The molecule has 25 heavy (non-hydrogen) atoms. The second kappa shape index (κ2) is 8.43. The first-order chi connectivity index (χ1) is 12.1. The van der Waals surface area contributed by atoms with Gasteiger partial charge < -0.3 is 20.1 Å². The van der Waals surface area contributed by atoms with Gasteiger partial charge in [0.2, 0.25) is 0 Å². The summed E-state index contributed by atoms with van der Waals surface area (Å²) >= 11 is 0. The smallest absolute Gasteiger partial charge is 0.314 e. The van der Waals surface area contributed by atoms with Crippen LogP contribution in [0.25, 0.3) is 0 Å². The van der Waals surface area contributed by atoms with Gasteiger partial charge in [0, 0.05) is 25.7 Å². The van der Waals surface area contributed by atoms with Crippen LogP contribution in [-0.4, -0.2) is 49.8 Å². The Labute approximate surface area is 149 Å². The second-order valence-corrected chi connectivity index (χ2v) is 7.23. The number of nitrogens with one attached hydrogen (secondary N) is 2. The predicted molar refractivity (Wildman–Crippen MR) is 97.1 cm³/mol. The topological polar surface area (TPSA) is 62.8 Å². The lowest BCUT2D eigenvalue weighted by molar-refractivity contribution is 0.161. The molecular weight excluding hydrogens is 318 g/mol. The number of nitrogens with zero attached hydrogens (tertiary/aromatic N) is 1. The number of benzene rings is 1. The highest BCUT2D eigenvalue weighted by Crippen LogP contribution is 2.31. The van der Waals surface area contributed by atoms with Gasteiger partial charge in [-0.25, -0.2) is 4.79 Å². The van der Waals surface area contributed by atoms with Crippen LogP contribution >= 0.6 is 0 Å². The lowest BCUT2D eigenvalue weighted by Crippen LogP contribution is -2.45. The van der Waals surface area contributed by atoms with Gasteiger partial charge in [-0.3, -0.25) is 4.90 Å². The molecule has 2 aliphatic rings. The molecule has 138 valence electrons. The van der Waals surface area contributed by atoms with Gasteiger partial charge in [0.15, 0.2) is 11.5 Å². The molecule has 1 atom stereocenters. The molecule has 0 spiro atoms. The highest BCUT2D eigenvalue weighted by Gasteiger charge is 2.21. The minimum atomic E-state index is -0.0704. The molecule has 0 radical (unpaired) electrons. The average Bonchev–Trinajstić information content (AvgIpc) is 2.60. The van der Waals surface area contributed by atoms with Gasteiger partial charge in [-0.15, -0.1) is 0 Å². The molecule has 6 heteroatoms. The Morgan fingerprint density at radius 3 is 2.88 bits per heavy atom. The third-order valence-corrected chi connectivity index (χ3v) is 4.59. The van der Waals surface area contributed by atoms with Gasteiger partial charge in [0.1, 0.15) is 13.2 Å². The van der Waals surface area contributed by atoms with Crippen molar-refractivity contribution in [3.05, 3.63) is 23.8 Å². The van der Waals surface area contributed by atoms with Crippen molar-refractivity contribution in [2.45, 2.75) is 39.3 Å². The molecule has 0 unspecified atom stereocenters. The molecule has 1 aromatic carbocycles. The molecular formula is C19H29N3O3. The molecule has 1 aromatic rings. The highest BCUT2D eigenvalue weighted by molar-refractivity contribution is 5.74. The fourth-order valence-corrected chi connectivity index (χ4v) is 3.46. The summed E-state index contributed by atoms with van der Waals surface area (Å²) in [5.41, 5.74) is 1.25. The van der Waals surface area contributed by atoms with E-state index in [1.54, 1.807) is 0 Å². The Bertz CT molecular complexity index is 591. The monoisotopic (exact) mass is 347 g/mol. The number of piperidine rings is 1. The maximum atomic E-state index is 11.7. The third kappa shape index (κ3) is 5.26. The zero-order valence-corrected chi connectivity index (χ0v) is 15.2. The normalized spacial score (nSPS) is 20.4. The molecule has 3 rings (SSSR count). The Morgan fingerprint density at radius 1 is 1.28 bits per heavy atom. The number of fused-ring (bicyclic) bond motifs is 1. The average molecular weight is 347 g/mol. The first-order valence-corrected chi connectivity index (χ1v) is 9.25. The molecule has 2 aliphatic heterocycles. The van der Waals surface area contributed by atoms with Crippen molar-refractivity contribution < 1.29 is 14.3 Å². The zero-order chi connectivity index (χ0) is 17.6. The van der Waals surface area contributed by atoms with Crippen molar-refractivity contribution in [2.24, 2.45) is 5.92 Å². The van der Waals surface area contributed by atoms with Crippen molar-refractivity contribution in [3.63, 3.8) is 0 Å². The van der Waals surface area contributed by atoms with E-state index in [9.17, 15) is 4.79 Å².